The summed E-state index contributed by atoms with van der Waals surface area (Å²) in [6.45, 7) is 0.726. The summed E-state index contributed by atoms with van der Waals surface area (Å²) in [6, 6.07) is 3.89. The molecule has 0 bridgehead atoms. The van der Waals surface area contributed by atoms with E-state index in [1.54, 1.807) is 17.7 Å². The third kappa shape index (κ3) is 2.05. The molecule has 0 aliphatic heterocycles. The molecule has 1 N–H and O–H groups in total. The molecule has 0 spiro atoms. The fourth-order valence-electron chi connectivity index (χ4n) is 1.06. The lowest BCUT2D eigenvalue weighted by atomic mass is 10.5. The van der Waals surface area contributed by atoms with E-state index in [0.29, 0.717) is 0 Å². The molecule has 74 valence electrons. The van der Waals surface area contributed by atoms with Gasteiger partial charge in [0.25, 0.3) is 0 Å². The maximum absolute atomic E-state index is 5.81. The molecule has 0 aliphatic rings. The first-order valence-electron chi connectivity index (χ1n) is 4.08. The Balaban J connectivity index is 1.98. The van der Waals surface area contributed by atoms with E-state index in [-0.39, 0.29) is 0 Å². The van der Waals surface area contributed by atoms with Crippen LogP contribution in [0.5, 0.6) is 0 Å². The van der Waals surface area contributed by atoms with E-state index in [4.69, 9.17) is 11.6 Å². The Morgan fingerprint density at radius 3 is 3.00 bits per heavy atom. The number of nitrogens with zero attached hydrogens (tertiary/aromatic N) is 3. The van der Waals surface area contributed by atoms with Gasteiger partial charge in [-0.2, -0.15) is 0 Å². The Hall–Kier alpha value is -1.07. The third-order valence-corrected chi connectivity index (χ3v) is 2.99. The van der Waals surface area contributed by atoms with Crippen molar-refractivity contribution in [2.24, 2.45) is 7.05 Å². The molecule has 0 aromatic carbocycles. The van der Waals surface area contributed by atoms with Crippen molar-refractivity contribution in [3.8, 4) is 0 Å². The Kier molecular flexibility index (Phi) is 2.69. The van der Waals surface area contributed by atoms with Gasteiger partial charge in [-0.1, -0.05) is 11.6 Å². The molecule has 2 heterocycles. The standard InChI is InChI=1S/C8H9ClN4S/c1-13-5-11-12-8(13)10-4-6-2-3-7(9)14-6/h2-3,5H,4H2,1H3,(H,10,12). The van der Waals surface area contributed by atoms with Gasteiger partial charge >= 0.3 is 0 Å². The molecule has 0 radical (unpaired) electrons. The number of hydrogen-bond donors (Lipinski definition) is 1. The molecule has 0 fully saturated rings. The minimum absolute atomic E-state index is 0.726. The average molecular weight is 229 g/mol. The van der Waals surface area contributed by atoms with Gasteiger partial charge in [0.15, 0.2) is 0 Å². The van der Waals surface area contributed by atoms with Crippen LogP contribution in [0.15, 0.2) is 18.5 Å². The number of rotatable bonds is 3. The average Bonchev–Trinajstić information content (AvgIpc) is 2.72. The monoisotopic (exact) mass is 228 g/mol. The van der Waals surface area contributed by atoms with Crippen molar-refractivity contribution < 1.29 is 0 Å². The zero-order valence-corrected chi connectivity index (χ0v) is 9.14. The molecular formula is C8H9ClN4S. The van der Waals surface area contributed by atoms with Crippen LogP contribution in [-0.4, -0.2) is 14.8 Å². The second-order valence-electron chi connectivity index (χ2n) is 2.82. The van der Waals surface area contributed by atoms with Gasteiger partial charge < -0.3 is 9.88 Å². The molecule has 4 nitrogen and oxygen atoms in total. The Morgan fingerprint density at radius 1 is 1.57 bits per heavy atom. The van der Waals surface area contributed by atoms with Gasteiger partial charge in [-0.25, -0.2) is 0 Å². The predicted molar refractivity (Wildman–Crippen MR) is 57.7 cm³/mol. The Labute approximate surface area is 90.5 Å². The van der Waals surface area contributed by atoms with E-state index < -0.39 is 0 Å². The Morgan fingerprint density at radius 2 is 2.43 bits per heavy atom. The predicted octanol–water partition coefficient (Wildman–Crippen LogP) is 2.14. The molecule has 2 aromatic rings. The summed E-state index contributed by atoms with van der Waals surface area (Å²) < 4.78 is 2.63. The number of thiophene rings is 1. The molecule has 0 unspecified atom stereocenters. The summed E-state index contributed by atoms with van der Waals surface area (Å²) in [5.41, 5.74) is 0. The first-order chi connectivity index (χ1) is 6.75. The molecule has 0 aliphatic carbocycles. The quantitative estimate of drug-likeness (QED) is 0.876. The number of aryl methyl sites for hydroxylation is 1. The summed E-state index contributed by atoms with van der Waals surface area (Å²) >= 11 is 7.37. The van der Waals surface area contributed by atoms with Crippen LogP contribution in [0.3, 0.4) is 0 Å². The van der Waals surface area contributed by atoms with Gasteiger partial charge in [0.2, 0.25) is 5.95 Å². The number of aromatic nitrogens is 3. The summed E-state index contributed by atoms with van der Waals surface area (Å²) in [7, 11) is 1.89. The lowest BCUT2D eigenvalue weighted by molar-refractivity contribution is 0.901. The van der Waals surface area contributed by atoms with Crippen molar-refractivity contribution in [1.82, 2.24) is 14.8 Å². The SMILES string of the molecule is Cn1cnnc1NCc1ccc(Cl)s1. The van der Waals surface area contributed by atoms with Crippen LogP contribution < -0.4 is 5.32 Å². The van der Waals surface area contributed by atoms with Gasteiger partial charge in [0, 0.05) is 11.9 Å². The maximum Gasteiger partial charge on any atom is 0.224 e. The smallest absolute Gasteiger partial charge is 0.224 e. The minimum atomic E-state index is 0.726. The normalized spacial score (nSPS) is 10.4. The highest BCUT2D eigenvalue weighted by molar-refractivity contribution is 7.16. The van der Waals surface area contributed by atoms with Crippen LogP contribution >= 0.6 is 22.9 Å². The highest BCUT2D eigenvalue weighted by Crippen LogP contribution is 2.21. The molecule has 0 atom stereocenters. The molecule has 0 amide bonds. The van der Waals surface area contributed by atoms with Gasteiger partial charge in [-0.15, -0.1) is 21.5 Å². The molecule has 2 aromatic heterocycles. The fourth-order valence-corrected chi connectivity index (χ4v) is 2.08. The second-order valence-corrected chi connectivity index (χ2v) is 4.62. The van der Waals surface area contributed by atoms with Crippen LogP contribution in [0.1, 0.15) is 4.88 Å². The van der Waals surface area contributed by atoms with E-state index in [9.17, 15) is 0 Å². The van der Waals surface area contributed by atoms with Crippen molar-refractivity contribution in [2.45, 2.75) is 6.54 Å². The van der Waals surface area contributed by atoms with Crippen molar-refractivity contribution in [1.29, 1.82) is 0 Å². The van der Waals surface area contributed by atoms with E-state index >= 15 is 0 Å². The molecule has 14 heavy (non-hydrogen) atoms. The second kappa shape index (κ2) is 3.98. The lowest BCUT2D eigenvalue weighted by Gasteiger charge is -2.01. The van der Waals surface area contributed by atoms with E-state index in [0.717, 1.165) is 16.8 Å². The van der Waals surface area contributed by atoms with E-state index in [1.165, 1.54) is 4.88 Å². The van der Waals surface area contributed by atoms with Crippen LogP contribution in [0.4, 0.5) is 5.95 Å². The maximum atomic E-state index is 5.81. The summed E-state index contributed by atoms with van der Waals surface area (Å²) in [5.74, 6) is 0.759. The van der Waals surface area contributed by atoms with Gasteiger partial charge in [0.1, 0.15) is 6.33 Å². The Bertz CT molecular complexity index is 422. The molecule has 6 heteroatoms. The zero-order valence-electron chi connectivity index (χ0n) is 7.57. The van der Waals surface area contributed by atoms with Crippen LogP contribution in [-0.2, 0) is 13.6 Å². The summed E-state index contributed by atoms with van der Waals surface area (Å²) in [4.78, 5) is 1.18. The molecule has 0 saturated heterocycles. The topological polar surface area (TPSA) is 42.7 Å². The highest BCUT2D eigenvalue weighted by Gasteiger charge is 2.01. The van der Waals surface area contributed by atoms with Crippen LogP contribution in [0, 0.1) is 0 Å². The van der Waals surface area contributed by atoms with Crippen molar-refractivity contribution in [3.05, 3.63) is 27.7 Å². The fraction of sp³-hybridized carbons (Fsp3) is 0.250. The summed E-state index contributed by atoms with van der Waals surface area (Å²) in [5, 5.41) is 10.8. The van der Waals surface area contributed by atoms with Gasteiger partial charge in [-0.3, -0.25) is 0 Å². The van der Waals surface area contributed by atoms with Crippen molar-refractivity contribution in [2.75, 3.05) is 5.32 Å². The zero-order chi connectivity index (χ0) is 9.97. The van der Waals surface area contributed by atoms with Gasteiger partial charge in [0.05, 0.1) is 10.9 Å². The first-order valence-corrected chi connectivity index (χ1v) is 5.27. The lowest BCUT2D eigenvalue weighted by Crippen LogP contribution is -2.03. The number of hydrogen-bond acceptors (Lipinski definition) is 4. The number of nitrogens with one attached hydrogen (secondary N) is 1. The largest absolute Gasteiger partial charge is 0.349 e. The van der Waals surface area contributed by atoms with Crippen molar-refractivity contribution >= 4 is 28.9 Å². The minimum Gasteiger partial charge on any atom is -0.349 e. The summed E-state index contributed by atoms with van der Waals surface area (Å²) in [6.07, 6.45) is 1.66. The van der Waals surface area contributed by atoms with Crippen LogP contribution in [0.2, 0.25) is 4.34 Å². The molecule has 0 saturated carbocycles. The van der Waals surface area contributed by atoms with Gasteiger partial charge in [-0.05, 0) is 12.1 Å². The number of anilines is 1. The highest BCUT2D eigenvalue weighted by atomic mass is 35.5. The first kappa shape index (κ1) is 9.48. The van der Waals surface area contributed by atoms with E-state index in [1.807, 2.05) is 23.7 Å². The van der Waals surface area contributed by atoms with E-state index in [2.05, 4.69) is 15.5 Å². The number of halogens is 1. The van der Waals surface area contributed by atoms with Crippen molar-refractivity contribution in [3.63, 3.8) is 0 Å². The molecular weight excluding hydrogens is 220 g/mol. The van der Waals surface area contributed by atoms with Crippen LogP contribution in [0.25, 0.3) is 0 Å². The molecule has 2 rings (SSSR count). The third-order valence-electron chi connectivity index (χ3n) is 1.76.